The van der Waals surface area contributed by atoms with E-state index in [0.29, 0.717) is 18.7 Å². The van der Waals surface area contributed by atoms with Crippen LogP contribution in [0.15, 0.2) is 22.8 Å². The molecule has 0 bridgehead atoms. The second-order valence-corrected chi connectivity index (χ2v) is 6.57. The minimum Gasteiger partial charge on any atom is -0.467 e. The van der Waals surface area contributed by atoms with E-state index in [1.54, 1.807) is 18.4 Å². The average molecular weight is 272 g/mol. The van der Waals surface area contributed by atoms with Crippen LogP contribution in [0.3, 0.4) is 0 Å². The third-order valence-corrected chi connectivity index (χ3v) is 4.59. The lowest BCUT2D eigenvalue weighted by Gasteiger charge is -2.10. The van der Waals surface area contributed by atoms with Gasteiger partial charge in [-0.15, -0.1) is 0 Å². The molecule has 7 heteroatoms. The van der Waals surface area contributed by atoms with Gasteiger partial charge in [-0.1, -0.05) is 0 Å². The van der Waals surface area contributed by atoms with Crippen LogP contribution in [-0.2, 0) is 21.2 Å². The van der Waals surface area contributed by atoms with Gasteiger partial charge in [-0.3, -0.25) is 4.79 Å². The van der Waals surface area contributed by atoms with E-state index in [9.17, 15) is 13.2 Å². The van der Waals surface area contributed by atoms with E-state index in [4.69, 9.17) is 4.42 Å². The highest BCUT2D eigenvalue weighted by Gasteiger charge is 2.27. The Labute approximate surface area is 106 Å². The van der Waals surface area contributed by atoms with Gasteiger partial charge in [0.15, 0.2) is 9.84 Å². The van der Waals surface area contributed by atoms with Crippen molar-refractivity contribution >= 4 is 15.7 Å². The number of hydrogen-bond donors (Lipinski definition) is 2. The third-order valence-electron chi connectivity index (χ3n) is 2.82. The van der Waals surface area contributed by atoms with E-state index in [-0.39, 0.29) is 30.0 Å². The first-order chi connectivity index (χ1) is 8.55. The highest BCUT2D eigenvalue weighted by atomic mass is 32.2. The zero-order chi connectivity index (χ0) is 13.0. The summed E-state index contributed by atoms with van der Waals surface area (Å²) in [5.41, 5.74) is 0. The van der Waals surface area contributed by atoms with Crippen LogP contribution in [0.5, 0.6) is 0 Å². The van der Waals surface area contributed by atoms with Crippen molar-refractivity contribution in [2.24, 2.45) is 0 Å². The Hall–Kier alpha value is -1.34. The Morgan fingerprint density at radius 2 is 2.33 bits per heavy atom. The summed E-state index contributed by atoms with van der Waals surface area (Å²) in [5, 5.41) is 5.63. The molecule has 1 aromatic heterocycles. The molecule has 18 heavy (non-hydrogen) atoms. The van der Waals surface area contributed by atoms with Crippen LogP contribution >= 0.6 is 0 Å². The fourth-order valence-electron chi connectivity index (χ4n) is 1.85. The van der Waals surface area contributed by atoms with Crippen LogP contribution in [0.4, 0.5) is 0 Å². The monoisotopic (exact) mass is 272 g/mol. The number of hydrogen-bond acceptors (Lipinski definition) is 5. The fourth-order valence-corrected chi connectivity index (χ4v) is 3.56. The molecule has 2 heterocycles. The largest absolute Gasteiger partial charge is 0.467 e. The SMILES string of the molecule is O=C(CNC1CCS(=O)(=O)C1)NCc1ccco1. The smallest absolute Gasteiger partial charge is 0.234 e. The van der Waals surface area contributed by atoms with Crippen molar-refractivity contribution in [2.75, 3.05) is 18.1 Å². The number of carbonyl (C=O) groups excluding carboxylic acids is 1. The molecular formula is C11H16N2O4S. The van der Waals surface area contributed by atoms with Gasteiger partial charge in [0.1, 0.15) is 5.76 Å². The maximum atomic E-state index is 11.5. The molecule has 0 saturated carbocycles. The van der Waals surface area contributed by atoms with Gasteiger partial charge in [-0.2, -0.15) is 0 Å². The topological polar surface area (TPSA) is 88.4 Å². The molecule has 1 saturated heterocycles. The van der Waals surface area contributed by atoms with Gasteiger partial charge >= 0.3 is 0 Å². The first-order valence-corrected chi connectivity index (χ1v) is 7.60. The summed E-state index contributed by atoms with van der Waals surface area (Å²) >= 11 is 0. The minimum absolute atomic E-state index is 0.107. The molecule has 1 amide bonds. The molecule has 1 aliphatic heterocycles. The van der Waals surface area contributed by atoms with Crippen LogP contribution in [0.25, 0.3) is 0 Å². The third kappa shape index (κ3) is 3.85. The number of rotatable bonds is 5. The lowest BCUT2D eigenvalue weighted by atomic mass is 10.2. The van der Waals surface area contributed by atoms with E-state index in [2.05, 4.69) is 10.6 Å². The van der Waals surface area contributed by atoms with Crippen molar-refractivity contribution in [1.82, 2.24) is 10.6 Å². The molecule has 1 unspecified atom stereocenters. The normalized spacial score (nSPS) is 21.9. The summed E-state index contributed by atoms with van der Waals surface area (Å²) in [4.78, 5) is 11.5. The van der Waals surface area contributed by atoms with Gasteiger partial charge in [0.05, 0.1) is 30.9 Å². The lowest BCUT2D eigenvalue weighted by Crippen LogP contribution is -2.39. The quantitative estimate of drug-likeness (QED) is 0.766. The zero-order valence-electron chi connectivity index (χ0n) is 9.89. The molecule has 2 N–H and O–H groups in total. The van der Waals surface area contributed by atoms with Crippen LogP contribution in [0.1, 0.15) is 12.2 Å². The second-order valence-electron chi connectivity index (χ2n) is 4.34. The van der Waals surface area contributed by atoms with Crippen molar-refractivity contribution in [3.8, 4) is 0 Å². The van der Waals surface area contributed by atoms with Crippen molar-refractivity contribution in [3.05, 3.63) is 24.2 Å². The molecule has 1 aliphatic rings. The number of furan rings is 1. The van der Waals surface area contributed by atoms with Crippen LogP contribution in [-0.4, -0.2) is 38.4 Å². The first kappa shape index (κ1) is 13.1. The molecule has 0 radical (unpaired) electrons. The summed E-state index contributed by atoms with van der Waals surface area (Å²) in [6.45, 7) is 0.470. The number of amides is 1. The van der Waals surface area contributed by atoms with Crippen LogP contribution < -0.4 is 10.6 Å². The highest BCUT2D eigenvalue weighted by molar-refractivity contribution is 7.91. The molecule has 1 aromatic rings. The van der Waals surface area contributed by atoms with E-state index < -0.39 is 9.84 Å². The predicted molar refractivity (Wildman–Crippen MR) is 65.6 cm³/mol. The van der Waals surface area contributed by atoms with Gasteiger partial charge in [-0.05, 0) is 18.6 Å². The lowest BCUT2D eigenvalue weighted by molar-refractivity contribution is -0.120. The zero-order valence-corrected chi connectivity index (χ0v) is 10.7. The summed E-state index contributed by atoms with van der Waals surface area (Å²) in [5.74, 6) is 0.847. The molecule has 6 nitrogen and oxygen atoms in total. The molecule has 0 aliphatic carbocycles. The summed E-state index contributed by atoms with van der Waals surface area (Å²) < 4.78 is 27.5. The highest BCUT2D eigenvalue weighted by Crippen LogP contribution is 2.10. The Morgan fingerprint density at radius 3 is 2.94 bits per heavy atom. The van der Waals surface area contributed by atoms with Gasteiger partial charge < -0.3 is 15.1 Å². The average Bonchev–Trinajstić information content (AvgIpc) is 2.93. The van der Waals surface area contributed by atoms with Gasteiger partial charge in [-0.25, -0.2) is 8.42 Å². The molecule has 100 valence electrons. The maximum absolute atomic E-state index is 11.5. The van der Waals surface area contributed by atoms with E-state index in [1.807, 2.05) is 0 Å². The van der Waals surface area contributed by atoms with E-state index >= 15 is 0 Å². The molecule has 1 atom stereocenters. The van der Waals surface area contributed by atoms with E-state index in [0.717, 1.165) is 0 Å². The number of nitrogens with one attached hydrogen (secondary N) is 2. The predicted octanol–water partition coefficient (Wildman–Crippen LogP) is -0.327. The summed E-state index contributed by atoms with van der Waals surface area (Å²) in [6.07, 6.45) is 2.12. The maximum Gasteiger partial charge on any atom is 0.234 e. The van der Waals surface area contributed by atoms with Crippen molar-refractivity contribution in [1.29, 1.82) is 0 Å². The minimum atomic E-state index is -2.90. The molecule has 1 fully saturated rings. The number of sulfone groups is 1. The van der Waals surface area contributed by atoms with Gasteiger partial charge in [0.25, 0.3) is 0 Å². The second kappa shape index (κ2) is 5.53. The van der Waals surface area contributed by atoms with Crippen molar-refractivity contribution in [3.63, 3.8) is 0 Å². The van der Waals surface area contributed by atoms with Gasteiger partial charge in [0, 0.05) is 6.04 Å². The molecular weight excluding hydrogens is 256 g/mol. The van der Waals surface area contributed by atoms with Crippen LogP contribution in [0.2, 0.25) is 0 Å². The molecule has 0 spiro atoms. The Morgan fingerprint density at radius 1 is 1.50 bits per heavy atom. The molecule has 0 aromatic carbocycles. The Bertz CT molecular complexity index is 495. The van der Waals surface area contributed by atoms with Crippen molar-refractivity contribution in [2.45, 2.75) is 19.0 Å². The Balaban J connectivity index is 1.66. The van der Waals surface area contributed by atoms with Gasteiger partial charge in [0.2, 0.25) is 5.91 Å². The van der Waals surface area contributed by atoms with E-state index in [1.165, 1.54) is 0 Å². The summed E-state index contributed by atoms with van der Waals surface area (Å²) in [7, 11) is -2.90. The number of carbonyl (C=O) groups is 1. The Kier molecular flexibility index (Phi) is 4.03. The first-order valence-electron chi connectivity index (χ1n) is 5.78. The summed E-state index contributed by atoms with van der Waals surface area (Å²) in [6, 6.07) is 3.42. The van der Waals surface area contributed by atoms with Crippen molar-refractivity contribution < 1.29 is 17.6 Å². The standard InChI is InChI=1S/C11H16N2O4S/c14-11(13-6-10-2-1-4-17-10)7-12-9-3-5-18(15,16)8-9/h1-2,4,9,12H,3,5-8H2,(H,13,14). The molecule has 2 rings (SSSR count). The van der Waals surface area contributed by atoms with Crippen LogP contribution in [0, 0.1) is 0 Å². The fraction of sp³-hybridized carbons (Fsp3) is 0.545.